The first kappa shape index (κ1) is 22.9. The van der Waals surface area contributed by atoms with Gasteiger partial charge in [0.15, 0.2) is 0 Å². The minimum atomic E-state index is -3.62. The number of carbonyl (C=O) groups is 1. The first-order valence-corrected chi connectivity index (χ1v) is 11.6. The van der Waals surface area contributed by atoms with E-state index in [-0.39, 0.29) is 18.5 Å². The van der Waals surface area contributed by atoms with Crippen LogP contribution in [0.2, 0.25) is 0 Å². The molecule has 0 saturated heterocycles. The lowest BCUT2D eigenvalue weighted by Crippen LogP contribution is -2.41. The summed E-state index contributed by atoms with van der Waals surface area (Å²) in [7, 11) is -3.62. The van der Waals surface area contributed by atoms with Crippen molar-refractivity contribution in [3.63, 3.8) is 0 Å². The van der Waals surface area contributed by atoms with Crippen LogP contribution in [0.15, 0.2) is 24.3 Å². The van der Waals surface area contributed by atoms with Gasteiger partial charge in [-0.3, -0.25) is 9.10 Å². The predicted molar refractivity (Wildman–Crippen MR) is 120 cm³/mol. The number of nitrogens with zero attached hydrogens (tertiary/aromatic N) is 1. The maximum absolute atomic E-state index is 12.8. The molecule has 0 radical (unpaired) electrons. The Balaban J connectivity index is 2.30. The molecule has 0 saturated carbocycles. The summed E-state index contributed by atoms with van der Waals surface area (Å²) in [5.41, 5.74) is 7.80. The Morgan fingerprint density at radius 3 is 1.93 bits per heavy atom. The molecule has 0 heterocycles. The second-order valence-electron chi connectivity index (χ2n) is 8.10. The van der Waals surface area contributed by atoms with Crippen LogP contribution in [0.3, 0.4) is 0 Å². The number of sulfonamides is 1. The number of carbonyl (C=O) groups excluding carboxylic acids is 1. The van der Waals surface area contributed by atoms with Gasteiger partial charge >= 0.3 is 0 Å². The van der Waals surface area contributed by atoms with Crippen molar-refractivity contribution in [3.8, 4) is 0 Å². The third-order valence-electron chi connectivity index (χ3n) is 5.30. The zero-order chi connectivity index (χ0) is 22.1. The van der Waals surface area contributed by atoms with E-state index in [1.165, 1.54) is 9.87 Å². The van der Waals surface area contributed by atoms with Crippen LogP contribution >= 0.6 is 0 Å². The standard InChI is InChI=1S/C23H32N2O3S/c1-14-9-18(5)23(19(6)10-14)25(29(8,27)28)13-22(26)24-20(7)21-12-16(3)15(2)11-17(21)4/h9-12,20H,13H2,1-8H3,(H,24,26)/t20-/m0/s1. The lowest BCUT2D eigenvalue weighted by molar-refractivity contribution is -0.120. The Hall–Kier alpha value is -2.34. The minimum Gasteiger partial charge on any atom is -0.348 e. The van der Waals surface area contributed by atoms with E-state index in [4.69, 9.17) is 0 Å². The van der Waals surface area contributed by atoms with Gasteiger partial charge in [0.1, 0.15) is 6.54 Å². The summed E-state index contributed by atoms with van der Waals surface area (Å²) < 4.78 is 26.2. The van der Waals surface area contributed by atoms with E-state index in [0.29, 0.717) is 5.69 Å². The van der Waals surface area contributed by atoms with Gasteiger partial charge in [-0.05, 0) is 81.8 Å². The lowest BCUT2D eigenvalue weighted by atomic mass is 9.96. The minimum absolute atomic E-state index is 0.219. The number of hydrogen-bond donors (Lipinski definition) is 1. The van der Waals surface area contributed by atoms with Crippen molar-refractivity contribution in [1.29, 1.82) is 0 Å². The number of aryl methyl sites for hydroxylation is 6. The summed E-state index contributed by atoms with van der Waals surface area (Å²) in [6.45, 7) is 13.5. The maximum atomic E-state index is 12.8. The molecule has 158 valence electrons. The smallest absolute Gasteiger partial charge is 0.241 e. The molecule has 1 N–H and O–H groups in total. The Morgan fingerprint density at radius 2 is 1.41 bits per heavy atom. The Bertz CT molecular complexity index is 1020. The molecule has 0 aliphatic heterocycles. The highest BCUT2D eigenvalue weighted by atomic mass is 32.2. The van der Waals surface area contributed by atoms with Gasteiger partial charge < -0.3 is 5.32 Å². The van der Waals surface area contributed by atoms with Crippen molar-refractivity contribution < 1.29 is 13.2 Å². The molecule has 0 bridgehead atoms. The Labute approximate surface area is 175 Å². The largest absolute Gasteiger partial charge is 0.348 e. The second kappa shape index (κ2) is 8.57. The quantitative estimate of drug-likeness (QED) is 0.768. The average Bonchev–Trinajstić information content (AvgIpc) is 2.55. The number of rotatable bonds is 6. The van der Waals surface area contributed by atoms with Crippen molar-refractivity contribution in [2.24, 2.45) is 0 Å². The number of anilines is 1. The highest BCUT2D eigenvalue weighted by molar-refractivity contribution is 7.92. The van der Waals surface area contributed by atoms with Crippen LogP contribution in [0.1, 0.15) is 51.9 Å². The average molecular weight is 417 g/mol. The molecule has 1 atom stereocenters. The predicted octanol–water partition coefficient (Wildman–Crippen LogP) is 4.18. The van der Waals surface area contributed by atoms with Gasteiger partial charge in [0, 0.05) is 0 Å². The summed E-state index contributed by atoms with van der Waals surface area (Å²) in [5, 5.41) is 2.96. The summed E-state index contributed by atoms with van der Waals surface area (Å²) in [4.78, 5) is 12.8. The zero-order valence-electron chi connectivity index (χ0n) is 18.7. The Kier molecular flexibility index (Phi) is 6.78. The van der Waals surface area contributed by atoms with Crippen LogP contribution < -0.4 is 9.62 Å². The Morgan fingerprint density at radius 1 is 0.897 bits per heavy atom. The lowest BCUT2D eigenvalue weighted by Gasteiger charge is -2.27. The molecule has 5 nitrogen and oxygen atoms in total. The molecular formula is C23H32N2O3S. The molecule has 0 aliphatic rings. The molecule has 29 heavy (non-hydrogen) atoms. The molecule has 2 aromatic rings. The summed E-state index contributed by atoms with van der Waals surface area (Å²) in [6.07, 6.45) is 1.13. The molecule has 2 aromatic carbocycles. The van der Waals surface area contributed by atoms with Gasteiger partial charge in [0.25, 0.3) is 0 Å². The van der Waals surface area contributed by atoms with Crippen molar-refractivity contribution in [2.45, 2.75) is 54.5 Å². The number of nitrogens with one attached hydrogen (secondary N) is 1. The molecule has 0 aromatic heterocycles. The first-order valence-electron chi connectivity index (χ1n) is 9.74. The fourth-order valence-corrected chi connectivity index (χ4v) is 4.84. The molecule has 0 fully saturated rings. The van der Waals surface area contributed by atoms with E-state index < -0.39 is 10.0 Å². The topological polar surface area (TPSA) is 66.5 Å². The van der Waals surface area contributed by atoms with E-state index in [1.807, 2.05) is 53.7 Å². The van der Waals surface area contributed by atoms with Gasteiger partial charge in [-0.15, -0.1) is 0 Å². The van der Waals surface area contributed by atoms with Crippen molar-refractivity contribution >= 4 is 21.6 Å². The van der Waals surface area contributed by atoms with E-state index in [9.17, 15) is 13.2 Å². The molecular weight excluding hydrogens is 384 g/mol. The molecule has 1 amide bonds. The molecule has 6 heteroatoms. The first-order chi connectivity index (χ1) is 13.3. The van der Waals surface area contributed by atoms with Gasteiger partial charge in [-0.2, -0.15) is 0 Å². The fraction of sp³-hybridized carbons (Fsp3) is 0.435. The number of benzene rings is 2. The van der Waals surface area contributed by atoms with Crippen LogP contribution in [0, 0.1) is 41.5 Å². The molecule has 0 aliphatic carbocycles. The van der Waals surface area contributed by atoms with Crippen molar-refractivity contribution in [1.82, 2.24) is 5.32 Å². The zero-order valence-corrected chi connectivity index (χ0v) is 19.5. The fourth-order valence-electron chi connectivity index (χ4n) is 3.87. The molecule has 2 rings (SSSR count). The van der Waals surface area contributed by atoms with Crippen LogP contribution in [0.25, 0.3) is 0 Å². The van der Waals surface area contributed by atoms with E-state index in [0.717, 1.165) is 39.6 Å². The second-order valence-corrected chi connectivity index (χ2v) is 10.0. The van der Waals surface area contributed by atoms with Gasteiger partial charge in [-0.25, -0.2) is 8.42 Å². The number of amides is 1. The molecule has 0 spiro atoms. The SMILES string of the molecule is Cc1cc(C)c(N(CC(=O)N[C@@H](C)c2cc(C)c(C)cc2C)S(C)(=O)=O)c(C)c1. The summed E-state index contributed by atoms with van der Waals surface area (Å²) in [6, 6.07) is 7.83. The molecule has 0 unspecified atom stereocenters. The number of hydrogen-bond acceptors (Lipinski definition) is 3. The normalized spacial score (nSPS) is 12.6. The third kappa shape index (κ3) is 5.38. The van der Waals surface area contributed by atoms with Crippen molar-refractivity contribution in [3.05, 3.63) is 63.2 Å². The summed E-state index contributed by atoms with van der Waals surface area (Å²) >= 11 is 0. The van der Waals surface area contributed by atoms with Crippen LogP contribution in [0.4, 0.5) is 5.69 Å². The third-order valence-corrected chi connectivity index (χ3v) is 6.41. The monoisotopic (exact) mass is 416 g/mol. The maximum Gasteiger partial charge on any atom is 0.241 e. The summed E-state index contributed by atoms with van der Waals surface area (Å²) in [5.74, 6) is -0.333. The van der Waals surface area contributed by atoms with Crippen LogP contribution in [-0.2, 0) is 14.8 Å². The van der Waals surface area contributed by atoms with E-state index in [1.54, 1.807) is 0 Å². The van der Waals surface area contributed by atoms with Gasteiger partial charge in [0.2, 0.25) is 15.9 Å². The van der Waals surface area contributed by atoms with E-state index >= 15 is 0 Å². The van der Waals surface area contributed by atoms with Crippen molar-refractivity contribution in [2.75, 3.05) is 17.1 Å². The van der Waals surface area contributed by atoms with Gasteiger partial charge in [-0.1, -0.05) is 29.8 Å². The van der Waals surface area contributed by atoms with Gasteiger partial charge in [0.05, 0.1) is 18.0 Å². The highest BCUT2D eigenvalue weighted by Crippen LogP contribution is 2.28. The van der Waals surface area contributed by atoms with Crippen LogP contribution in [0.5, 0.6) is 0 Å². The highest BCUT2D eigenvalue weighted by Gasteiger charge is 2.25. The van der Waals surface area contributed by atoms with E-state index in [2.05, 4.69) is 24.4 Å². The van der Waals surface area contributed by atoms with Crippen LogP contribution in [-0.4, -0.2) is 27.1 Å².